The Morgan fingerprint density at radius 3 is 2.46 bits per heavy atom. The summed E-state index contributed by atoms with van der Waals surface area (Å²) in [6, 6.07) is 4.75. The maximum Gasteiger partial charge on any atom is 0.416 e. The first-order valence-corrected chi connectivity index (χ1v) is 8.66. The molecule has 140 valence electrons. The summed E-state index contributed by atoms with van der Waals surface area (Å²) >= 11 is 1.21. The Balaban J connectivity index is 1.80. The number of carbonyl (C=O) groups is 2. The second-order valence-electron chi connectivity index (χ2n) is 5.77. The number of rotatable bonds is 7. The molecule has 2 rings (SSSR count). The molecule has 1 unspecified atom stereocenters. The molecule has 9 heteroatoms. The van der Waals surface area contributed by atoms with Crippen molar-refractivity contribution in [2.24, 2.45) is 5.92 Å². The van der Waals surface area contributed by atoms with Crippen molar-refractivity contribution in [3.05, 3.63) is 51.5 Å². The molecule has 1 atom stereocenters. The van der Waals surface area contributed by atoms with E-state index in [0.717, 1.165) is 12.1 Å². The van der Waals surface area contributed by atoms with E-state index in [0.29, 0.717) is 30.0 Å². The summed E-state index contributed by atoms with van der Waals surface area (Å²) in [7, 11) is 0. The molecule has 5 nitrogen and oxygen atoms in total. The second-order valence-corrected chi connectivity index (χ2v) is 6.72. The van der Waals surface area contributed by atoms with Crippen LogP contribution in [0.3, 0.4) is 0 Å². The Morgan fingerprint density at radius 1 is 1.27 bits per heavy atom. The lowest BCUT2D eigenvalue weighted by atomic mass is 9.99. The van der Waals surface area contributed by atoms with Crippen LogP contribution in [-0.4, -0.2) is 28.5 Å². The number of halogens is 3. The summed E-state index contributed by atoms with van der Waals surface area (Å²) in [5.41, 5.74) is -0.0961. The van der Waals surface area contributed by atoms with Gasteiger partial charge in [0, 0.05) is 24.3 Å². The van der Waals surface area contributed by atoms with Gasteiger partial charge >= 0.3 is 12.1 Å². The summed E-state index contributed by atoms with van der Waals surface area (Å²) in [5.74, 6) is -1.72. The molecular formula is C17H17F3N2O3S. The highest BCUT2D eigenvalue weighted by Crippen LogP contribution is 2.29. The van der Waals surface area contributed by atoms with Crippen LogP contribution in [0.25, 0.3) is 0 Å². The SMILES string of the molecule is CC(Cc1ccc(C(F)(F)F)cc1)C(=O)NCCc1nc(C(=O)O)cs1. The van der Waals surface area contributed by atoms with Crippen molar-refractivity contribution in [1.82, 2.24) is 10.3 Å². The van der Waals surface area contributed by atoms with E-state index in [4.69, 9.17) is 5.11 Å². The number of amides is 1. The van der Waals surface area contributed by atoms with Gasteiger partial charge in [0.15, 0.2) is 5.69 Å². The molecule has 2 N–H and O–H groups in total. The molecule has 0 aliphatic rings. The zero-order valence-corrected chi connectivity index (χ0v) is 14.7. The summed E-state index contributed by atoms with van der Waals surface area (Å²) < 4.78 is 37.6. The van der Waals surface area contributed by atoms with Gasteiger partial charge < -0.3 is 10.4 Å². The highest BCUT2D eigenvalue weighted by Gasteiger charge is 2.30. The van der Waals surface area contributed by atoms with E-state index in [1.54, 1.807) is 6.92 Å². The largest absolute Gasteiger partial charge is 0.476 e. The molecule has 0 aliphatic carbocycles. The van der Waals surface area contributed by atoms with Crippen molar-refractivity contribution in [2.75, 3.05) is 6.54 Å². The van der Waals surface area contributed by atoms with Crippen molar-refractivity contribution in [3.63, 3.8) is 0 Å². The van der Waals surface area contributed by atoms with Crippen LogP contribution in [0.2, 0.25) is 0 Å². The molecule has 0 bridgehead atoms. The molecule has 1 heterocycles. The van der Waals surface area contributed by atoms with E-state index in [9.17, 15) is 22.8 Å². The molecule has 0 aliphatic heterocycles. The van der Waals surface area contributed by atoms with Crippen LogP contribution in [0, 0.1) is 5.92 Å². The topological polar surface area (TPSA) is 79.3 Å². The average molecular weight is 386 g/mol. The lowest BCUT2D eigenvalue weighted by Crippen LogP contribution is -2.31. The zero-order valence-electron chi connectivity index (χ0n) is 13.8. The molecule has 0 spiro atoms. The molecule has 2 aromatic rings. The van der Waals surface area contributed by atoms with Gasteiger partial charge in [0.05, 0.1) is 10.6 Å². The van der Waals surface area contributed by atoms with Gasteiger partial charge in [-0.2, -0.15) is 13.2 Å². The maximum atomic E-state index is 12.5. The Bertz CT molecular complexity index is 772. The average Bonchev–Trinajstić information content (AvgIpc) is 3.03. The summed E-state index contributed by atoms with van der Waals surface area (Å²) in [4.78, 5) is 26.7. The van der Waals surface area contributed by atoms with Crippen LogP contribution in [-0.2, 0) is 23.8 Å². The summed E-state index contributed by atoms with van der Waals surface area (Å²) in [6.45, 7) is 2.00. The number of carbonyl (C=O) groups excluding carboxylic acids is 1. The minimum absolute atomic E-state index is 0.0213. The van der Waals surface area contributed by atoms with Crippen molar-refractivity contribution in [3.8, 4) is 0 Å². The van der Waals surface area contributed by atoms with Gasteiger partial charge in [0.25, 0.3) is 0 Å². The summed E-state index contributed by atoms with van der Waals surface area (Å²) in [6.07, 6.45) is -3.64. The number of nitrogens with zero attached hydrogens (tertiary/aromatic N) is 1. The quantitative estimate of drug-likeness (QED) is 0.765. The third-order valence-electron chi connectivity index (χ3n) is 3.68. The van der Waals surface area contributed by atoms with Crippen molar-refractivity contribution < 1.29 is 27.9 Å². The Kier molecular flexibility index (Phi) is 6.36. The van der Waals surface area contributed by atoms with Crippen LogP contribution >= 0.6 is 11.3 Å². The van der Waals surface area contributed by atoms with Gasteiger partial charge in [0.1, 0.15) is 0 Å². The van der Waals surface area contributed by atoms with Gasteiger partial charge in [0.2, 0.25) is 5.91 Å². The summed E-state index contributed by atoms with van der Waals surface area (Å²) in [5, 5.41) is 13.6. The van der Waals surface area contributed by atoms with Crippen LogP contribution < -0.4 is 5.32 Å². The Morgan fingerprint density at radius 2 is 1.92 bits per heavy atom. The van der Waals surface area contributed by atoms with Crippen LogP contribution in [0.4, 0.5) is 13.2 Å². The Labute approximate surface area is 151 Å². The predicted molar refractivity (Wildman–Crippen MR) is 90.1 cm³/mol. The van der Waals surface area contributed by atoms with E-state index < -0.39 is 23.6 Å². The Hall–Kier alpha value is -2.42. The van der Waals surface area contributed by atoms with Crippen LogP contribution in [0.15, 0.2) is 29.6 Å². The first kappa shape index (κ1) is 19.9. The molecule has 0 saturated heterocycles. The molecule has 26 heavy (non-hydrogen) atoms. The number of benzene rings is 1. The van der Waals surface area contributed by atoms with Crippen LogP contribution in [0.5, 0.6) is 0 Å². The minimum Gasteiger partial charge on any atom is -0.476 e. The van der Waals surface area contributed by atoms with E-state index in [-0.39, 0.29) is 11.6 Å². The van der Waals surface area contributed by atoms with Crippen molar-refractivity contribution in [2.45, 2.75) is 25.9 Å². The number of carboxylic acid groups (broad SMARTS) is 1. The van der Waals surface area contributed by atoms with Crippen molar-refractivity contribution in [1.29, 1.82) is 0 Å². The zero-order chi connectivity index (χ0) is 19.3. The fourth-order valence-electron chi connectivity index (χ4n) is 2.27. The van der Waals surface area contributed by atoms with Gasteiger partial charge in [-0.05, 0) is 24.1 Å². The van der Waals surface area contributed by atoms with Gasteiger partial charge in [-0.1, -0.05) is 19.1 Å². The highest BCUT2D eigenvalue weighted by atomic mass is 32.1. The van der Waals surface area contributed by atoms with E-state index in [1.807, 2.05) is 0 Å². The minimum atomic E-state index is -4.38. The number of hydrogen-bond acceptors (Lipinski definition) is 4. The standard InChI is InChI=1S/C17H17F3N2O3S/c1-10(8-11-2-4-12(5-3-11)17(18,19)20)15(23)21-7-6-14-22-13(9-26-14)16(24)25/h2-5,9-10H,6-8H2,1H3,(H,21,23)(H,24,25). The number of nitrogens with one attached hydrogen (secondary N) is 1. The second kappa shape index (κ2) is 8.31. The van der Waals surface area contributed by atoms with E-state index >= 15 is 0 Å². The van der Waals surface area contributed by atoms with E-state index in [1.165, 1.54) is 28.8 Å². The normalized spacial score (nSPS) is 12.6. The molecular weight excluding hydrogens is 369 g/mol. The number of thiazole rings is 1. The molecule has 0 fully saturated rings. The fourth-order valence-corrected chi connectivity index (χ4v) is 3.04. The first-order valence-electron chi connectivity index (χ1n) is 7.78. The monoisotopic (exact) mass is 386 g/mol. The van der Waals surface area contributed by atoms with Crippen LogP contribution in [0.1, 0.15) is 33.5 Å². The predicted octanol–water partition coefficient (Wildman–Crippen LogP) is 3.40. The highest BCUT2D eigenvalue weighted by molar-refractivity contribution is 7.09. The lowest BCUT2D eigenvalue weighted by molar-refractivity contribution is -0.137. The molecule has 1 aromatic heterocycles. The molecule has 1 aromatic carbocycles. The number of aromatic carboxylic acids is 1. The number of aromatic nitrogens is 1. The van der Waals surface area contributed by atoms with Gasteiger partial charge in [-0.25, -0.2) is 9.78 Å². The third-order valence-corrected chi connectivity index (χ3v) is 4.59. The smallest absolute Gasteiger partial charge is 0.416 e. The van der Waals surface area contributed by atoms with Gasteiger partial charge in [-0.15, -0.1) is 11.3 Å². The third kappa shape index (κ3) is 5.55. The number of carboxylic acids is 1. The first-order chi connectivity index (χ1) is 12.2. The number of hydrogen-bond donors (Lipinski definition) is 2. The molecule has 1 amide bonds. The number of alkyl halides is 3. The molecule has 0 radical (unpaired) electrons. The van der Waals surface area contributed by atoms with E-state index in [2.05, 4.69) is 10.3 Å². The maximum absolute atomic E-state index is 12.5. The lowest BCUT2D eigenvalue weighted by Gasteiger charge is -2.13. The molecule has 0 saturated carbocycles. The van der Waals surface area contributed by atoms with Gasteiger partial charge in [-0.3, -0.25) is 4.79 Å². The fraction of sp³-hybridized carbons (Fsp3) is 0.353. The van der Waals surface area contributed by atoms with Crippen molar-refractivity contribution >= 4 is 23.2 Å².